The van der Waals surface area contributed by atoms with E-state index in [-0.39, 0.29) is 35.0 Å². The maximum absolute atomic E-state index is 14.6. The van der Waals surface area contributed by atoms with Crippen LogP contribution in [-0.2, 0) is 19.3 Å². The smallest absolute Gasteiger partial charge is 0.195 e. The molecule has 0 unspecified atom stereocenters. The highest BCUT2D eigenvalue weighted by atomic mass is 19.2. The zero-order chi connectivity index (χ0) is 25.1. The van der Waals surface area contributed by atoms with Crippen molar-refractivity contribution >= 4 is 10.8 Å². The van der Waals surface area contributed by atoms with E-state index in [0.29, 0.717) is 11.1 Å². The fourth-order valence-electron chi connectivity index (χ4n) is 3.92. The molecule has 0 aliphatic rings. The van der Waals surface area contributed by atoms with Crippen molar-refractivity contribution in [2.75, 3.05) is 0 Å². The summed E-state index contributed by atoms with van der Waals surface area (Å²) in [7, 11) is 0. The van der Waals surface area contributed by atoms with E-state index in [2.05, 4.69) is 11.8 Å². The van der Waals surface area contributed by atoms with Crippen molar-refractivity contribution in [2.24, 2.45) is 0 Å². The van der Waals surface area contributed by atoms with Gasteiger partial charge in [0.1, 0.15) is 17.5 Å². The molecule has 0 saturated carbocycles. The van der Waals surface area contributed by atoms with Crippen LogP contribution in [0.4, 0.5) is 26.3 Å². The summed E-state index contributed by atoms with van der Waals surface area (Å²) in [5, 5.41) is -0.0629. The second-order valence-corrected chi connectivity index (χ2v) is 8.28. The monoisotopic (exact) mass is 482 g/mol. The summed E-state index contributed by atoms with van der Waals surface area (Å²) in [5.74, 6) is -1.33. The Bertz CT molecular complexity index is 1450. The lowest BCUT2D eigenvalue weighted by molar-refractivity contribution is 0.453. The Morgan fingerprint density at radius 2 is 1.31 bits per heavy atom. The van der Waals surface area contributed by atoms with Gasteiger partial charge in [0.05, 0.1) is 5.56 Å². The van der Waals surface area contributed by atoms with Gasteiger partial charge >= 0.3 is 0 Å². The molecule has 0 radical (unpaired) electrons. The predicted octanol–water partition coefficient (Wildman–Crippen LogP) is 7.81. The molecule has 0 aliphatic heterocycles. The number of halogens is 6. The summed E-state index contributed by atoms with van der Waals surface area (Å²) in [4.78, 5) is 0. The van der Waals surface area contributed by atoms with Crippen LogP contribution in [0.5, 0.6) is 0 Å². The molecular weight excluding hydrogens is 462 g/mol. The van der Waals surface area contributed by atoms with Gasteiger partial charge in [-0.1, -0.05) is 43.4 Å². The second-order valence-electron chi connectivity index (χ2n) is 8.28. The molecule has 0 N–H and O–H groups in total. The molecule has 6 heteroatoms. The summed E-state index contributed by atoms with van der Waals surface area (Å²) in [6.45, 7) is 2.01. The van der Waals surface area contributed by atoms with Gasteiger partial charge in [-0.25, -0.2) is 26.3 Å². The molecule has 0 amide bonds. The fraction of sp³-hybridized carbons (Fsp3) is 0.172. The van der Waals surface area contributed by atoms with E-state index in [0.717, 1.165) is 36.6 Å². The van der Waals surface area contributed by atoms with Gasteiger partial charge in [0, 0.05) is 10.9 Å². The average molecular weight is 482 g/mol. The molecule has 0 saturated heterocycles. The number of benzene rings is 4. The lowest BCUT2D eigenvalue weighted by Crippen LogP contribution is -1.99. The van der Waals surface area contributed by atoms with Crippen molar-refractivity contribution < 1.29 is 26.3 Å². The third kappa shape index (κ3) is 5.35. The SMILES string of the molecule is CCCc1ccc(CCc2cc(F)c(C#Cc3ccc4c(F)c(F)c(F)cc4c3)c(F)c2)c(F)c1. The minimum atomic E-state index is -1.57. The molecule has 0 atom stereocenters. The van der Waals surface area contributed by atoms with Crippen molar-refractivity contribution in [3.8, 4) is 11.8 Å². The number of hydrogen-bond acceptors (Lipinski definition) is 0. The summed E-state index contributed by atoms with van der Waals surface area (Å²) < 4.78 is 84.3. The third-order valence-corrected chi connectivity index (χ3v) is 5.75. The summed E-state index contributed by atoms with van der Waals surface area (Å²) in [5.41, 5.74) is 1.52. The third-order valence-electron chi connectivity index (χ3n) is 5.75. The van der Waals surface area contributed by atoms with Crippen molar-refractivity contribution in [2.45, 2.75) is 32.6 Å². The van der Waals surface area contributed by atoms with Crippen molar-refractivity contribution in [3.05, 3.63) is 117 Å². The summed E-state index contributed by atoms with van der Waals surface area (Å²) in [6.07, 6.45) is 2.21. The Kier molecular flexibility index (Phi) is 7.16. The summed E-state index contributed by atoms with van der Waals surface area (Å²) in [6, 6.07) is 12.1. The van der Waals surface area contributed by atoms with Gasteiger partial charge in [0.2, 0.25) is 0 Å². The first-order chi connectivity index (χ1) is 16.8. The molecule has 4 rings (SSSR count). The molecule has 0 bridgehead atoms. The van der Waals surface area contributed by atoms with Crippen LogP contribution in [-0.4, -0.2) is 0 Å². The number of fused-ring (bicyclic) bond motifs is 1. The first-order valence-corrected chi connectivity index (χ1v) is 11.1. The molecular formula is C29H20F6. The zero-order valence-electron chi connectivity index (χ0n) is 18.8. The van der Waals surface area contributed by atoms with Crippen LogP contribution < -0.4 is 0 Å². The predicted molar refractivity (Wildman–Crippen MR) is 124 cm³/mol. The molecule has 35 heavy (non-hydrogen) atoms. The van der Waals surface area contributed by atoms with Crippen LogP contribution in [0.25, 0.3) is 10.8 Å². The van der Waals surface area contributed by atoms with E-state index in [1.165, 1.54) is 24.3 Å². The van der Waals surface area contributed by atoms with Crippen LogP contribution in [0.2, 0.25) is 0 Å². The lowest BCUT2D eigenvalue weighted by atomic mass is 10.00. The van der Waals surface area contributed by atoms with Crippen LogP contribution in [0.1, 0.15) is 41.2 Å². The quantitative estimate of drug-likeness (QED) is 0.155. The lowest BCUT2D eigenvalue weighted by Gasteiger charge is -2.07. The van der Waals surface area contributed by atoms with E-state index in [1.807, 2.05) is 13.0 Å². The number of aryl methyl sites for hydroxylation is 3. The molecule has 178 valence electrons. The number of rotatable bonds is 5. The Balaban J connectivity index is 1.54. The van der Waals surface area contributed by atoms with Gasteiger partial charge in [0.15, 0.2) is 17.5 Å². The maximum atomic E-state index is 14.6. The van der Waals surface area contributed by atoms with Crippen LogP contribution in [0.15, 0.2) is 54.6 Å². The van der Waals surface area contributed by atoms with Gasteiger partial charge in [-0.15, -0.1) is 0 Å². The van der Waals surface area contributed by atoms with Crippen LogP contribution >= 0.6 is 0 Å². The van der Waals surface area contributed by atoms with Gasteiger partial charge in [0.25, 0.3) is 0 Å². The highest BCUT2D eigenvalue weighted by Gasteiger charge is 2.14. The molecule has 0 aliphatic carbocycles. The second kappa shape index (κ2) is 10.3. The first-order valence-electron chi connectivity index (χ1n) is 11.1. The Morgan fingerprint density at radius 1 is 0.600 bits per heavy atom. The van der Waals surface area contributed by atoms with Crippen LogP contribution in [0.3, 0.4) is 0 Å². The van der Waals surface area contributed by atoms with Gasteiger partial charge < -0.3 is 0 Å². The minimum Gasteiger partial charge on any atom is -0.207 e. The molecule has 4 aromatic carbocycles. The number of hydrogen-bond donors (Lipinski definition) is 0. The van der Waals surface area contributed by atoms with Crippen molar-refractivity contribution in [3.63, 3.8) is 0 Å². The Hall–Kier alpha value is -3.72. The van der Waals surface area contributed by atoms with E-state index in [1.54, 1.807) is 6.07 Å². The minimum absolute atomic E-state index is 0.0689. The molecule has 4 aromatic rings. The van der Waals surface area contributed by atoms with Gasteiger partial charge in [-0.2, -0.15) is 0 Å². The van der Waals surface area contributed by atoms with Crippen molar-refractivity contribution in [1.82, 2.24) is 0 Å². The largest absolute Gasteiger partial charge is 0.207 e. The molecule has 0 spiro atoms. The van der Waals surface area contributed by atoms with Crippen LogP contribution in [0, 0.1) is 46.7 Å². The Morgan fingerprint density at radius 3 is 2.00 bits per heavy atom. The van der Waals surface area contributed by atoms with Gasteiger partial charge in [-0.05, 0) is 77.7 Å². The zero-order valence-corrected chi connectivity index (χ0v) is 18.8. The van der Waals surface area contributed by atoms with E-state index in [9.17, 15) is 26.3 Å². The normalized spacial score (nSPS) is 10.9. The fourth-order valence-corrected chi connectivity index (χ4v) is 3.92. The highest BCUT2D eigenvalue weighted by Crippen LogP contribution is 2.24. The highest BCUT2D eigenvalue weighted by molar-refractivity contribution is 5.84. The maximum Gasteiger partial charge on any atom is 0.195 e. The molecule has 0 fully saturated rings. The van der Waals surface area contributed by atoms with E-state index in [4.69, 9.17) is 0 Å². The summed E-state index contributed by atoms with van der Waals surface area (Å²) >= 11 is 0. The van der Waals surface area contributed by atoms with E-state index >= 15 is 0 Å². The Labute approximate surface area is 199 Å². The first kappa shape index (κ1) is 24.4. The molecule has 0 aromatic heterocycles. The molecule has 0 nitrogen and oxygen atoms in total. The topological polar surface area (TPSA) is 0 Å². The molecule has 0 heterocycles. The average Bonchev–Trinajstić information content (AvgIpc) is 2.81. The standard InChI is InChI=1S/C29H20F6/c1-2-3-17-4-8-20(24(30)13-17)9-5-19-14-25(31)23(26(32)15-19)11-7-18-6-10-22-21(12-18)16-27(33)29(35)28(22)34/h4,6,8,10,12-16H,2-3,5,9H2,1H3. The van der Waals surface area contributed by atoms with Crippen molar-refractivity contribution in [1.29, 1.82) is 0 Å². The van der Waals surface area contributed by atoms with E-state index < -0.39 is 34.6 Å². The van der Waals surface area contributed by atoms with Gasteiger partial charge in [-0.3, -0.25) is 0 Å².